The fourth-order valence-electron chi connectivity index (χ4n) is 4.31. The number of nitrogens with zero attached hydrogens (tertiary/aromatic N) is 2. The number of hydrogen-bond acceptors (Lipinski definition) is 5. The van der Waals surface area contributed by atoms with Crippen LogP contribution in [-0.4, -0.2) is 36.1 Å². The topological polar surface area (TPSA) is 91.4 Å². The first-order valence-electron chi connectivity index (χ1n) is 10.4. The normalized spacial score (nSPS) is 26.8. The summed E-state index contributed by atoms with van der Waals surface area (Å²) in [6, 6.07) is 2.42. The Bertz CT molecular complexity index is 747. The summed E-state index contributed by atoms with van der Waals surface area (Å²) >= 11 is 0. The molecule has 3 unspecified atom stereocenters. The van der Waals surface area contributed by atoms with Gasteiger partial charge in [-0.3, -0.25) is 4.79 Å². The molecule has 6 nitrogen and oxygen atoms in total. The number of carbonyl (C=O) groups excluding carboxylic acids is 1. The summed E-state index contributed by atoms with van der Waals surface area (Å²) in [7, 11) is 0. The molecule has 3 aliphatic rings. The summed E-state index contributed by atoms with van der Waals surface area (Å²) in [4.78, 5) is 14.7. The molecule has 28 heavy (non-hydrogen) atoms. The van der Waals surface area contributed by atoms with Gasteiger partial charge >= 0.3 is 0 Å². The fraction of sp³-hybridized carbons (Fsp3) is 0.636. The van der Waals surface area contributed by atoms with Gasteiger partial charge in [-0.1, -0.05) is 25.2 Å². The van der Waals surface area contributed by atoms with Crippen molar-refractivity contribution in [1.29, 1.82) is 5.26 Å². The van der Waals surface area contributed by atoms with Crippen LogP contribution in [0.15, 0.2) is 23.2 Å². The minimum atomic E-state index is -0.142. The van der Waals surface area contributed by atoms with Gasteiger partial charge in [0, 0.05) is 12.2 Å². The Labute approximate surface area is 167 Å². The SMILES string of the molecule is CCCC1CC(N2C=C(C#CCN)C(=O)NC2=C2CCC2)CC1OCCC#N. The zero-order valence-corrected chi connectivity index (χ0v) is 16.7. The first-order chi connectivity index (χ1) is 13.7. The Hall–Kier alpha value is -2.28. The number of carbonyl (C=O) groups is 1. The lowest BCUT2D eigenvalue weighted by Crippen LogP contribution is -2.44. The molecule has 2 aliphatic carbocycles. The van der Waals surface area contributed by atoms with Crippen molar-refractivity contribution in [3.05, 3.63) is 23.2 Å². The molecule has 1 heterocycles. The van der Waals surface area contributed by atoms with E-state index in [-0.39, 0.29) is 24.6 Å². The minimum Gasteiger partial charge on any atom is -0.377 e. The molecule has 0 spiro atoms. The second-order valence-corrected chi connectivity index (χ2v) is 7.71. The van der Waals surface area contributed by atoms with Crippen molar-refractivity contribution in [1.82, 2.24) is 10.2 Å². The van der Waals surface area contributed by atoms with Crippen molar-refractivity contribution in [3.8, 4) is 17.9 Å². The predicted molar refractivity (Wildman–Crippen MR) is 107 cm³/mol. The fourth-order valence-corrected chi connectivity index (χ4v) is 4.31. The average molecular weight is 383 g/mol. The van der Waals surface area contributed by atoms with Gasteiger partial charge in [0.1, 0.15) is 11.4 Å². The monoisotopic (exact) mass is 382 g/mol. The van der Waals surface area contributed by atoms with Gasteiger partial charge in [0.15, 0.2) is 0 Å². The molecular weight excluding hydrogens is 352 g/mol. The minimum absolute atomic E-state index is 0.142. The quantitative estimate of drug-likeness (QED) is 0.544. The molecule has 150 valence electrons. The van der Waals surface area contributed by atoms with Gasteiger partial charge in [0.25, 0.3) is 5.91 Å². The third-order valence-electron chi connectivity index (χ3n) is 5.82. The second kappa shape index (κ2) is 9.78. The van der Waals surface area contributed by atoms with Gasteiger partial charge in [-0.2, -0.15) is 5.26 Å². The summed E-state index contributed by atoms with van der Waals surface area (Å²) in [5.41, 5.74) is 7.27. The average Bonchev–Trinajstić information content (AvgIpc) is 3.03. The van der Waals surface area contributed by atoms with Crippen LogP contribution in [0.2, 0.25) is 0 Å². The summed E-state index contributed by atoms with van der Waals surface area (Å²) < 4.78 is 6.06. The highest BCUT2D eigenvalue weighted by molar-refractivity contribution is 5.99. The van der Waals surface area contributed by atoms with E-state index >= 15 is 0 Å². The highest BCUT2D eigenvalue weighted by Gasteiger charge is 2.40. The van der Waals surface area contributed by atoms with Gasteiger partial charge in [-0.05, 0) is 50.0 Å². The number of allylic oxidation sites excluding steroid dienone is 1. The van der Waals surface area contributed by atoms with E-state index in [2.05, 4.69) is 35.1 Å². The largest absolute Gasteiger partial charge is 0.377 e. The van der Waals surface area contributed by atoms with Gasteiger partial charge in [-0.25, -0.2) is 0 Å². The third kappa shape index (κ3) is 4.58. The van der Waals surface area contributed by atoms with Crippen molar-refractivity contribution in [2.75, 3.05) is 13.2 Å². The van der Waals surface area contributed by atoms with E-state index < -0.39 is 0 Å². The number of nitrogens with two attached hydrogens (primary N) is 1. The van der Waals surface area contributed by atoms with Crippen LogP contribution in [0, 0.1) is 29.1 Å². The summed E-state index contributed by atoms with van der Waals surface area (Å²) in [6.45, 7) is 2.92. The second-order valence-electron chi connectivity index (χ2n) is 7.71. The maximum atomic E-state index is 12.5. The molecular formula is C22H30N4O2. The summed E-state index contributed by atoms with van der Waals surface area (Å²) in [5.74, 6) is 6.99. The number of rotatable bonds is 6. The molecule has 1 aliphatic heterocycles. The maximum absolute atomic E-state index is 12.5. The van der Waals surface area contributed by atoms with Crippen molar-refractivity contribution in [2.24, 2.45) is 11.7 Å². The highest BCUT2D eigenvalue weighted by Crippen LogP contribution is 2.39. The van der Waals surface area contributed by atoms with Gasteiger partial charge < -0.3 is 20.7 Å². The van der Waals surface area contributed by atoms with Crippen LogP contribution >= 0.6 is 0 Å². The molecule has 6 heteroatoms. The number of nitriles is 1. The number of ether oxygens (including phenoxy) is 1. The molecule has 2 fully saturated rings. The van der Waals surface area contributed by atoms with E-state index in [1.54, 1.807) is 0 Å². The zero-order valence-electron chi connectivity index (χ0n) is 16.7. The number of hydrogen-bond donors (Lipinski definition) is 2. The van der Waals surface area contributed by atoms with E-state index in [0.717, 1.165) is 44.3 Å². The molecule has 0 radical (unpaired) electrons. The Morgan fingerprint density at radius 1 is 1.39 bits per heavy atom. The van der Waals surface area contributed by atoms with Gasteiger partial charge in [0.2, 0.25) is 0 Å². The van der Waals surface area contributed by atoms with Gasteiger partial charge in [-0.15, -0.1) is 0 Å². The van der Waals surface area contributed by atoms with Crippen molar-refractivity contribution in [2.45, 2.75) is 70.4 Å². The number of amides is 1. The molecule has 0 aromatic carbocycles. The molecule has 0 aromatic heterocycles. The molecule has 1 amide bonds. The Morgan fingerprint density at radius 2 is 2.21 bits per heavy atom. The Balaban J connectivity index is 1.83. The molecule has 3 atom stereocenters. The lowest BCUT2D eigenvalue weighted by atomic mass is 9.91. The van der Waals surface area contributed by atoms with E-state index in [4.69, 9.17) is 15.7 Å². The molecule has 3 N–H and O–H groups in total. The van der Waals surface area contributed by atoms with Crippen LogP contribution in [-0.2, 0) is 9.53 Å². The lowest BCUT2D eigenvalue weighted by molar-refractivity contribution is -0.117. The van der Waals surface area contributed by atoms with Crippen LogP contribution in [0.4, 0.5) is 0 Å². The molecule has 3 rings (SSSR count). The highest BCUT2D eigenvalue weighted by atomic mass is 16.5. The van der Waals surface area contributed by atoms with Crippen LogP contribution in [0.25, 0.3) is 0 Å². The zero-order chi connectivity index (χ0) is 19.9. The van der Waals surface area contributed by atoms with Crippen LogP contribution in [0.3, 0.4) is 0 Å². The van der Waals surface area contributed by atoms with E-state index in [9.17, 15) is 4.79 Å². The standard InChI is InChI=1S/C22H30N4O2/c1-2-6-17-13-19(14-20(17)28-12-5-11-24)26-15-18(9-4-10-23)22(27)25-21(26)16-7-3-8-16/h15,17,19-20H,2-3,5-8,10,12-14,23H2,1H3,(H,25,27). The third-order valence-corrected chi connectivity index (χ3v) is 5.82. The van der Waals surface area contributed by atoms with Crippen molar-refractivity contribution in [3.63, 3.8) is 0 Å². The molecule has 2 saturated carbocycles. The van der Waals surface area contributed by atoms with Crippen LogP contribution < -0.4 is 11.1 Å². The van der Waals surface area contributed by atoms with Crippen molar-refractivity contribution >= 4 is 5.91 Å². The Morgan fingerprint density at radius 3 is 2.86 bits per heavy atom. The van der Waals surface area contributed by atoms with E-state index in [1.165, 1.54) is 12.0 Å². The van der Waals surface area contributed by atoms with Gasteiger partial charge in [0.05, 0.1) is 31.7 Å². The molecule has 0 aromatic rings. The number of nitrogens with one attached hydrogen (secondary N) is 1. The first kappa shape index (κ1) is 20.5. The smallest absolute Gasteiger partial charge is 0.266 e. The lowest BCUT2D eigenvalue weighted by Gasteiger charge is -2.37. The Kier molecular flexibility index (Phi) is 7.14. The van der Waals surface area contributed by atoms with Crippen LogP contribution in [0.5, 0.6) is 0 Å². The van der Waals surface area contributed by atoms with Crippen LogP contribution in [0.1, 0.15) is 58.3 Å². The summed E-state index contributed by atoms with van der Waals surface area (Å²) in [6.07, 6.45) is 9.90. The first-order valence-corrected chi connectivity index (χ1v) is 10.4. The predicted octanol–water partition coefficient (Wildman–Crippen LogP) is 2.54. The molecule has 0 saturated heterocycles. The van der Waals surface area contributed by atoms with E-state index in [0.29, 0.717) is 24.5 Å². The molecule has 0 bridgehead atoms. The summed E-state index contributed by atoms with van der Waals surface area (Å²) in [5, 5.41) is 11.9. The van der Waals surface area contributed by atoms with E-state index in [1.807, 2.05) is 6.20 Å². The van der Waals surface area contributed by atoms with Crippen molar-refractivity contribution < 1.29 is 9.53 Å². The maximum Gasteiger partial charge on any atom is 0.266 e.